The van der Waals surface area contributed by atoms with Crippen molar-refractivity contribution in [2.45, 2.75) is 0 Å². The van der Waals surface area contributed by atoms with E-state index in [9.17, 15) is 9.59 Å². The van der Waals surface area contributed by atoms with Crippen molar-refractivity contribution in [3.63, 3.8) is 0 Å². The Kier molecular flexibility index (Phi) is 6.08. The Morgan fingerprint density at radius 2 is 1.08 bits per heavy atom. The number of carbonyl (C=O) groups excluding carboxylic acids is 2. The molecule has 0 spiro atoms. The van der Waals surface area contributed by atoms with Crippen molar-refractivity contribution in [2.75, 3.05) is 14.2 Å². The van der Waals surface area contributed by atoms with Gasteiger partial charge in [-0.05, 0) is 24.3 Å². The first-order chi connectivity index (χ1) is 11.7. The van der Waals surface area contributed by atoms with E-state index in [0.29, 0.717) is 24.1 Å². The van der Waals surface area contributed by atoms with Gasteiger partial charge in [0.25, 0.3) is 0 Å². The van der Waals surface area contributed by atoms with Crippen LogP contribution in [0.5, 0.6) is 11.5 Å². The van der Waals surface area contributed by atoms with Crippen LogP contribution >= 0.6 is 0 Å². The average Bonchev–Trinajstić information content (AvgIpc) is 2.65. The van der Waals surface area contributed by atoms with E-state index in [1.54, 1.807) is 38.5 Å². The molecule has 0 aliphatic heterocycles. The molecule has 4 nitrogen and oxygen atoms in total. The molecule has 2 rings (SSSR count). The normalized spacial score (nSPS) is 11.8. The number of benzene rings is 2. The minimum Gasteiger partial charge on any atom is -0.496 e. The van der Waals surface area contributed by atoms with Crippen molar-refractivity contribution in [2.24, 2.45) is 0 Å². The zero-order valence-corrected chi connectivity index (χ0v) is 13.6. The summed E-state index contributed by atoms with van der Waals surface area (Å²) in [6.07, 6.45) is 4.56. The molecule has 0 aliphatic rings. The zero-order chi connectivity index (χ0) is 17.4. The van der Waals surface area contributed by atoms with E-state index < -0.39 is 0 Å². The zero-order valence-electron chi connectivity index (χ0n) is 13.6. The lowest BCUT2D eigenvalue weighted by molar-refractivity contribution is -0.107. The van der Waals surface area contributed by atoms with Gasteiger partial charge in [0.1, 0.15) is 11.5 Å². The van der Waals surface area contributed by atoms with E-state index >= 15 is 0 Å². The number of aldehydes is 2. The molecule has 2 aromatic carbocycles. The van der Waals surface area contributed by atoms with Crippen molar-refractivity contribution < 1.29 is 19.1 Å². The largest absolute Gasteiger partial charge is 0.496 e. The molecule has 0 heterocycles. The molecule has 0 aromatic heterocycles. The number of hydrogen-bond donors (Lipinski definition) is 0. The first kappa shape index (κ1) is 17.2. The van der Waals surface area contributed by atoms with E-state index in [1.807, 2.05) is 36.4 Å². The molecule has 0 N–H and O–H groups in total. The SMILES string of the molecule is COc1ccccc1C=C(C=O)C(C=O)=Cc1ccccc1OC. The van der Waals surface area contributed by atoms with E-state index in [-0.39, 0.29) is 11.1 Å². The molecule has 2 aromatic rings. The Morgan fingerprint density at radius 3 is 1.42 bits per heavy atom. The monoisotopic (exact) mass is 322 g/mol. The first-order valence-electron chi connectivity index (χ1n) is 7.33. The molecule has 4 heteroatoms. The van der Waals surface area contributed by atoms with Crippen LogP contribution in [-0.4, -0.2) is 26.8 Å². The number of carbonyl (C=O) groups is 2. The van der Waals surface area contributed by atoms with Gasteiger partial charge < -0.3 is 9.47 Å². The molecule has 0 bridgehead atoms. The molecule has 0 unspecified atom stereocenters. The number of rotatable bonds is 7. The van der Waals surface area contributed by atoms with Crippen LogP contribution in [0, 0.1) is 0 Å². The van der Waals surface area contributed by atoms with Gasteiger partial charge in [-0.1, -0.05) is 36.4 Å². The minimum atomic E-state index is 0.264. The van der Waals surface area contributed by atoms with Crippen LogP contribution in [0.2, 0.25) is 0 Å². The summed E-state index contributed by atoms with van der Waals surface area (Å²) in [5, 5.41) is 0. The molecule has 0 fully saturated rings. The third-order valence-corrected chi connectivity index (χ3v) is 3.49. The van der Waals surface area contributed by atoms with Crippen molar-refractivity contribution in [1.29, 1.82) is 0 Å². The number of para-hydroxylation sites is 2. The van der Waals surface area contributed by atoms with E-state index in [1.165, 1.54) is 0 Å². The van der Waals surface area contributed by atoms with E-state index in [0.717, 1.165) is 11.1 Å². The van der Waals surface area contributed by atoms with Crippen molar-refractivity contribution >= 4 is 24.7 Å². The van der Waals surface area contributed by atoms with Gasteiger partial charge in [-0.2, -0.15) is 0 Å². The summed E-state index contributed by atoms with van der Waals surface area (Å²) in [6, 6.07) is 14.5. The van der Waals surface area contributed by atoms with Gasteiger partial charge in [0.2, 0.25) is 0 Å². The van der Waals surface area contributed by atoms with Gasteiger partial charge in [-0.3, -0.25) is 9.59 Å². The summed E-state index contributed by atoms with van der Waals surface area (Å²) >= 11 is 0. The number of allylic oxidation sites excluding steroid dienone is 2. The molecule has 0 amide bonds. The highest BCUT2D eigenvalue weighted by Crippen LogP contribution is 2.25. The quantitative estimate of drug-likeness (QED) is 0.444. The van der Waals surface area contributed by atoms with Crippen molar-refractivity contribution in [3.05, 3.63) is 70.8 Å². The summed E-state index contributed by atoms with van der Waals surface area (Å²) in [7, 11) is 3.11. The lowest BCUT2D eigenvalue weighted by Crippen LogP contribution is -1.95. The highest BCUT2D eigenvalue weighted by Gasteiger charge is 2.08. The van der Waals surface area contributed by atoms with Crippen LogP contribution in [0.25, 0.3) is 12.2 Å². The number of methoxy groups -OCH3 is 2. The van der Waals surface area contributed by atoms with E-state index in [2.05, 4.69) is 0 Å². The highest BCUT2D eigenvalue weighted by atomic mass is 16.5. The van der Waals surface area contributed by atoms with Crippen LogP contribution in [0.15, 0.2) is 59.7 Å². The molecule has 122 valence electrons. The predicted molar refractivity (Wildman–Crippen MR) is 94.1 cm³/mol. The fourth-order valence-electron chi connectivity index (χ4n) is 2.28. The predicted octanol–water partition coefficient (Wildman–Crippen LogP) is 3.57. The van der Waals surface area contributed by atoms with Gasteiger partial charge in [0.15, 0.2) is 12.6 Å². The molecule has 0 radical (unpaired) electrons. The number of ether oxygens (including phenoxy) is 2. The molecule has 0 atom stereocenters. The van der Waals surface area contributed by atoms with Crippen LogP contribution in [0.4, 0.5) is 0 Å². The van der Waals surface area contributed by atoms with Gasteiger partial charge in [-0.25, -0.2) is 0 Å². The smallest absolute Gasteiger partial charge is 0.150 e. The molecule has 0 aliphatic carbocycles. The fourth-order valence-corrected chi connectivity index (χ4v) is 2.28. The second-order valence-electron chi connectivity index (χ2n) is 4.92. The van der Waals surface area contributed by atoms with Gasteiger partial charge >= 0.3 is 0 Å². The standard InChI is InChI=1S/C20H18O4/c1-23-19-9-5-3-7-15(19)11-17(13-21)18(14-22)12-16-8-4-6-10-20(16)24-2/h3-14H,1-2H3. The lowest BCUT2D eigenvalue weighted by Gasteiger charge is -2.07. The van der Waals surface area contributed by atoms with Crippen molar-refractivity contribution in [1.82, 2.24) is 0 Å². The summed E-state index contributed by atoms with van der Waals surface area (Å²) in [6.45, 7) is 0. The average molecular weight is 322 g/mol. The van der Waals surface area contributed by atoms with Crippen LogP contribution < -0.4 is 9.47 Å². The first-order valence-corrected chi connectivity index (χ1v) is 7.33. The second-order valence-corrected chi connectivity index (χ2v) is 4.92. The molecular formula is C20H18O4. The maximum Gasteiger partial charge on any atom is 0.150 e. The Bertz CT molecular complexity index is 720. The maximum absolute atomic E-state index is 11.5. The van der Waals surface area contributed by atoms with Crippen LogP contribution in [-0.2, 0) is 9.59 Å². The van der Waals surface area contributed by atoms with Gasteiger partial charge in [-0.15, -0.1) is 0 Å². The Hall–Kier alpha value is -3.14. The minimum absolute atomic E-state index is 0.264. The maximum atomic E-state index is 11.5. The summed E-state index contributed by atoms with van der Waals surface area (Å²) in [4.78, 5) is 23.0. The third kappa shape index (κ3) is 3.98. The topological polar surface area (TPSA) is 52.6 Å². The summed E-state index contributed by atoms with van der Waals surface area (Å²) in [5.74, 6) is 1.25. The second kappa shape index (κ2) is 8.48. The van der Waals surface area contributed by atoms with Gasteiger partial charge in [0.05, 0.1) is 14.2 Å². The Balaban J connectivity index is 2.50. The Labute approximate surface area is 141 Å². The third-order valence-electron chi connectivity index (χ3n) is 3.49. The lowest BCUT2D eigenvalue weighted by atomic mass is 10.0. The summed E-state index contributed by atoms with van der Waals surface area (Å²) in [5.41, 5.74) is 1.96. The molecule has 24 heavy (non-hydrogen) atoms. The van der Waals surface area contributed by atoms with Crippen LogP contribution in [0.1, 0.15) is 11.1 Å². The highest BCUT2D eigenvalue weighted by molar-refractivity contribution is 6.03. The fraction of sp³-hybridized carbons (Fsp3) is 0.100. The van der Waals surface area contributed by atoms with E-state index in [4.69, 9.17) is 9.47 Å². The molecule has 0 saturated carbocycles. The molecular weight excluding hydrogens is 304 g/mol. The van der Waals surface area contributed by atoms with Crippen molar-refractivity contribution in [3.8, 4) is 11.5 Å². The number of hydrogen-bond acceptors (Lipinski definition) is 4. The van der Waals surface area contributed by atoms with Crippen LogP contribution in [0.3, 0.4) is 0 Å². The van der Waals surface area contributed by atoms with Gasteiger partial charge in [0, 0.05) is 22.3 Å². The molecule has 0 saturated heterocycles. The summed E-state index contributed by atoms with van der Waals surface area (Å²) < 4.78 is 10.5. The Morgan fingerprint density at radius 1 is 0.708 bits per heavy atom.